The van der Waals surface area contributed by atoms with Gasteiger partial charge < -0.3 is 24.7 Å². The third-order valence-corrected chi connectivity index (χ3v) is 6.96. The number of piperidine rings is 1. The van der Waals surface area contributed by atoms with Gasteiger partial charge in [-0.05, 0) is 67.7 Å². The van der Waals surface area contributed by atoms with Gasteiger partial charge >= 0.3 is 5.97 Å². The van der Waals surface area contributed by atoms with Crippen LogP contribution in [0.2, 0.25) is 0 Å². The van der Waals surface area contributed by atoms with E-state index in [9.17, 15) is 19.8 Å². The fraction of sp³-hybridized carbons (Fsp3) is 0.387. The smallest absolute Gasteiger partial charge is 0.342 e. The lowest BCUT2D eigenvalue weighted by Gasteiger charge is -2.31. The normalized spacial score (nSPS) is 18.3. The van der Waals surface area contributed by atoms with E-state index in [1.54, 1.807) is 6.08 Å². The van der Waals surface area contributed by atoms with Crippen LogP contribution in [-0.2, 0) is 27.2 Å². The molecule has 2 aliphatic heterocycles. The monoisotopic (exact) mass is 532 g/mol. The van der Waals surface area contributed by atoms with Crippen molar-refractivity contribution >= 4 is 17.6 Å². The Labute approximate surface area is 229 Å². The minimum atomic E-state index is -0.678. The summed E-state index contributed by atoms with van der Waals surface area (Å²) in [6, 6.07) is 12.9. The molecule has 0 bridgehead atoms. The molecule has 0 aliphatic carbocycles. The number of phenolic OH excluding ortho intramolecular Hbond substituents is 2. The highest BCUT2D eigenvalue weighted by molar-refractivity contribution is 6.00. The van der Waals surface area contributed by atoms with E-state index in [0.717, 1.165) is 38.2 Å². The zero-order chi connectivity index (χ0) is 27.5. The molecule has 0 unspecified atom stereocenters. The quantitative estimate of drug-likeness (QED) is 0.321. The fourth-order valence-electron chi connectivity index (χ4n) is 4.90. The van der Waals surface area contributed by atoms with E-state index in [-0.39, 0.29) is 42.6 Å². The number of ether oxygens (including phenoxy) is 1. The summed E-state index contributed by atoms with van der Waals surface area (Å²) in [6.07, 6.45) is 12.9. The number of phenols is 2. The molecule has 0 spiro atoms. The number of allylic oxidation sites excluding steroid dienone is 3. The number of benzene rings is 2. The molecule has 0 aromatic heterocycles. The first-order valence-corrected chi connectivity index (χ1v) is 13.5. The van der Waals surface area contributed by atoms with Crippen LogP contribution in [0, 0.1) is 5.92 Å². The number of cyclic esters (lactones) is 1. The van der Waals surface area contributed by atoms with Crippen molar-refractivity contribution in [3.05, 3.63) is 83.5 Å². The van der Waals surface area contributed by atoms with Gasteiger partial charge in [-0.15, -0.1) is 0 Å². The molecule has 2 N–H and O–H groups in total. The molecule has 39 heavy (non-hydrogen) atoms. The van der Waals surface area contributed by atoms with Gasteiger partial charge in [0.2, 0.25) is 0 Å². The van der Waals surface area contributed by atoms with E-state index < -0.39 is 5.97 Å². The van der Waals surface area contributed by atoms with Gasteiger partial charge in [-0.3, -0.25) is 4.79 Å². The van der Waals surface area contributed by atoms with Crippen molar-refractivity contribution in [2.45, 2.75) is 44.9 Å². The summed E-state index contributed by atoms with van der Waals surface area (Å²) < 4.78 is 5.32. The maximum absolute atomic E-state index is 12.8. The molecular weight excluding hydrogens is 496 g/mol. The second kappa shape index (κ2) is 14.2. The minimum absolute atomic E-state index is 0.0237. The molecule has 8 nitrogen and oxygen atoms in total. The molecular formula is C31H36N2O6. The molecule has 1 saturated heterocycles. The van der Waals surface area contributed by atoms with Crippen LogP contribution in [0.3, 0.4) is 0 Å². The molecule has 0 saturated carbocycles. The SMILES string of the molecule is O=C1OCCC=CCCC=CC(=NOCC(=O)N2CCC(Cc3ccccc3)CC2)Cc2cc(O)cc(O)c21. The second-order valence-corrected chi connectivity index (χ2v) is 9.92. The summed E-state index contributed by atoms with van der Waals surface area (Å²) >= 11 is 0. The highest BCUT2D eigenvalue weighted by atomic mass is 16.6. The minimum Gasteiger partial charge on any atom is -0.508 e. The zero-order valence-electron chi connectivity index (χ0n) is 22.1. The van der Waals surface area contributed by atoms with Gasteiger partial charge in [-0.1, -0.05) is 53.7 Å². The number of hydrogen-bond donors (Lipinski definition) is 2. The molecule has 0 atom stereocenters. The van der Waals surface area contributed by atoms with Crippen LogP contribution in [0.25, 0.3) is 0 Å². The topological polar surface area (TPSA) is 109 Å². The Morgan fingerprint density at radius 1 is 1.03 bits per heavy atom. The molecule has 1 fully saturated rings. The first kappa shape index (κ1) is 28.0. The van der Waals surface area contributed by atoms with E-state index in [4.69, 9.17) is 9.57 Å². The lowest BCUT2D eigenvalue weighted by Crippen LogP contribution is -2.40. The van der Waals surface area contributed by atoms with Gasteiger partial charge in [0.25, 0.3) is 5.91 Å². The van der Waals surface area contributed by atoms with Crippen LogP contribution >= 0.6 is 0 Å². The summed E-state index contributed by atoms with van der Waals surface area (Å²) in [5.41, 5.74) is 2.10. The summed E-state index contributed by atoms with van der Waals surface area (Å²) in [5.74, 6) is -0.789. The number of aromatic hydroxyl groups is 2. The van der Waals surface area contributed by atoms with Crippen LogP contribution in [0.15, 0.2) is 71.9 Å². The van der Waals surface area contributed by atoms with Gasteiger partial charge in [-0.2, -0.15) is 0 Å². The zero-order valence-corrected chi connectivity index (χ0v) is 22.1. The summed E-state index contributed by atoms with van der Waals surface area (Å²) in [6.45, 7) is 1.37. The number of rotatable bonds is 5. The van der Waals surface area contributed by atoms with E-state index in [1.807, 2.05) is 29.2 Å². The van der Waals surface area contributed by atoms with E-state index in [1.165, 1.54) is 11.6 Å². The van der Waals surface area contributed by atoms with E-state index in [0.29, 0.717) is 36.7 Å². The molecule has 2 aromatic rings. The van der Waals surface area contributed by atoms with E-state index >= 15 is 0 Å². The van der Waals surface area contributed by atoms with Crippen LogP contribution in [0.1, 0.15) is 53.6 Å². The van der Waals surface area contributed by atoms with Crippen molar-refractivity contribution in [1.82, 2.24) is 4.90 Å². The molecule has 1 amide bonds. The second-order valence-electron chi connectivity index (χ2n) is 9.92. The fourth-order valence-corrected chi connectivity index (χ4v) is 4.90. The third-order valence-electron chi connectivity index (χ3n) is 6.96. The lowest BCUT2D eigenvalue weighted by molar-refractivity contribution is -0.137. The van der Waals surface area contributed by atoms with Crippen LogP contribution in [-0.4, -0.2) is 59.0 Å². The van der Waals surface area contributed by atoms with Gasteiger partial charge in [0, 0.05) is 25.6 Å². The van der Waals surface area contributed by atoms with Crippen LogP contribution in [0.4, 0.5) is 0 Å². The van der Waals surface area contributed by atoms with Crippen molar-refractivity contribution in [3.63, 3.8) is 0 Å². The number of hydrogen-bond acceptors (Lipinski definition) is 7. The predicted molar refractivity (Wildman–Crippen MR) is 149 cm³/mol. The number of oxime groups is 1. The average molecular weight is 533 g/mol. The number of nitrogens with zero attached hydrogens (tertiary/aromatic N) is 2. The number of carbonyl (C=O) groups excluding carboxylic acids is 2. The average Bonchev–Trinajstić information content (AvgIpc) is 2.92. The Balaban J connectivity index is 1.39. The predicted octanol–water partition coefficient (Wildman–Crippen LogP) is 4.95. The molecule has 206 valence electrons. The number of likely N-dealkylation sites (tertiary alicyclic amines) is 1. The first-order chi connectivity index (χ1) is 19.0. The van der Waals surface area contributed by atoms with Crippen LogP contribution in [0.5, 0.6) is 11.5 Å². The Hall–Kier alpha value is -4.07. The van der Waals surface area contributed by atoms with Crippen LogP contribution < -0.4 is 0 Å². The van der Waals surface area contributed by atoms with Gasteiger partial charge in [0.05, 0.1) is 12.3 Å². The van der Waals surface area contributed by atoms with Crippen molar-refractivity contribution in [1.29, 1.82) is 0 Å². The van der Waals surface area contributed by atoms with Gasteiger partial charge in [0.15, 0.2) is 6.61 Å². The Kier molecular flexibility index (Phi) is 10.2. The largest absolute Gasteiger partial charge is 0.508 e. The summed E-state index contributed by atoms with van der Waals surface area (Å²) in [5, 5.41) is 24.6. The van der Waals surface area contributed by atoms with Crippen molar-refractivity contribution in [2.24, 2.45) is 11.1 Å². The Morgan fingerprint density at radius 2 is 1.77 bits per heavy atom. The number of carbonyl (C=O) groups is 2. The molecule has 8 heteroatoms. The van der Waals surface area contributed by atoms with Gasteiger partial charge in [0.1, 0.15) is 17.1 Å². The lowest BCUT2D eigenvalue weighted by atomic mass is 9.90. The number of amides is 1. The first-order valence-electron chi connectivity index (χ1n) is 13.5. The highest BCUT2D eigenvalue weighted by Crippen LogP contribution is 2.29. The van der Waals surface area contributed by atoms with Crippen molar-refractivity contribution in [2.75, 3.05) is 26.3 Å². The standard InChI is InChI=1S/C31H36N2O6/c34-27-20-25-19-26(12-8-3-1-2-4-9-17-38-31(37)30(25)28(35)21-27)32-39-22-29(36)33-15-13-24(14-16-33)18-23-10-6-5-7-11-23/h2,4-8,10-12,20-21,24,34-35H,1,3,9,13-19,22H2. The number of esters is 1. The summed E-state index contributed by atoms with van der Waals surface area (Å²) in [7, 11) is 0. The third kappa shape index (κ3) is 8.46. The molecule has 0 radical (unpaired) electrons. The maximum Gasteiger partial charge on any atom is 0.342 e. The van der Waals surface area contributed by atoms with Gasteiger partial charge in [-0.25, -0.2) is 4.79 Å². The highest BCUT2D eigenvalue weighted by Gasteiger charge is 2.24. The maximum atomic E-state index is 12.8. The molecule has 2 heterocycles. The van der Waals surface area contributed by atoms with Crippen molar-refractivity contribution < 1.29 is 29.4 Å². The molecule has 2 aliphatic rings. The Morgan fingerprint density at radius 3 is 2.56 bits per heavy atom. The summed E-state index contributed by atoms with van der Waals surface area (Å²) in [4.78, 5) is 32.8. The molecule has 2 aromatic carbocycles. The number of fused-ring (bicyclic) bond motifs is 1. The molecule has 4 rings (SSSR count). The Bertz CT molecular complexity index is 1210. The van der Waals surface area contributed by atoms with Crippen molar-refractivity contribution in [3.8, 4) is 11.5 Å². The van der Waals surface area contributed by atoms with E-state index in [2.05, 4.69) is 29.4 Å².